The van der Waals surface area contributed by atoms with E-state index in [1.165, 1.54) is 0 Å². The van der Waals surface area contributed by atoms with E-state index in [0.717, 1.165) is 0 Å². The third-order valence-electron chi connectivity index (χ3n) is 3.00. The predicted octanol–water partition coefficient (Wildman–Crippen LogP) is 1.43. The van der Waals surface area contributed by atoms with Crippen molar-refractivity contribution in [3.05, 3.63) is 34.2 Å². The molecule has 0 aliphatic carbocycles. The Bertz CT molecular complexity index is 601. The van der Waals surface area contributed by atoms with Crippen molar-refractivity contribution < 1.29 is 14.9 Å². The summed E-state index contributed by atoms with van der Waals surface area (Å²) in [5.74, 6) is 0. The molecule has 3 atom stereocenters. The average Bonchev–Trinajstić information content (AvgIpc) is 2.80. The molecule has 7 heteroatoms. The number of nitrogens with zero attached hydrogens (tertiary/aromatic N) is 2. The van der Waals surface area contributed by atoms with Crippen molar-refractivity contribution in [1.82, 2.24) is 9.38 Å². The quantitative estimate of drug-likeness (QED) is 0.833. The zero-order valence-electron chi connectivity index (χ0n) is 9.12. The summed E-state index contributed by atoms with van der Waals surface area (Å²) in [6.07, 6.45) is -0.919. The molecule has 2 N–H and O–H groups in total. The lowest BCUT2D eigenvalue weighted by Gasteiger charge is -2.14. The van der Waals surface area contributed by atoms with Crippen LogP contribution in [0.1, 0.15) is 11.8 Å². The summed E-state index contributed by atoms with van der Waals surface area (Å²) >= 11 is 11.9. The Morgan fingerprint density at radius 3 is 2.83 bits per heavy atom. The highest BCUT2D eigenvalue weighted by Gasteiger charge is 2.38. The van der Waals surface area contributed by atoms with E-state index >= 15 is 0 Å². The Hall–Kier alpha value is -0.850. The van der Waals surface area contributed by atoms with E-state index in [0.29, 0.717) is 16.4 Å². The molecule has 1 saturated heterocycles. The van der Waals surface area contributed by atoms with E-state index in [4.69, 9.17) is 27.9 Å². The molecular weight excluding hydrogens is 279 g/mol. The van der Waals surface area contributed by atoms with Crippen molar-refractivity contribution in [2.24, 2.45) is 0 Å². The van der Waals surface area contributed by atoms with Gasteiger partial charge in [-0.05, 0) is 6.07 Å². The Balaban J connectivity index is 2.14. The van der Waals surface area contributed by atoms with Gasteiger partial charge in [0.2, 0.25) is 0 Å². The summed E-state index contributed by atoms with van der Waals surface area (Å²) in [5.41, 5.74) is 1.09. The molecule has 3 rings (SSSR count). The Kier molecular flexibility index (Phi) is 2.96. The van der Waals surface area contributed by atoms with Gasteiger partial charge in [0.05, 0.1) is 12.3 Å². The lowest BCUT2D eigenvalue weighted by molar-refractivity contribution is 0.0202. The van der Waals surface area contributed by atoms with Gasteiger partial charge in [0.25, 0.3) is 0 Å². The molecule has 18 heavy (non-hydrogen) atoms. The topological polar surface area (TPSA) is 67.0 Å². The van der Waals surface area contributed by atoms with E-state index < -0.39 is 18.3 Å². The monoisotopic (exact) mass is 288 g/mol. The van der Waals surface area contributed by atoms with Crippen LogP contribution in [0.5, 0.6) is 0 Å². The molecule has 0 amide bonds. The van der Waals surface area contributed by atoms with Crippen molar-refractivity contribution >= 4 is 28.8 Å². The van der Waals surface area contributed by atoms with Crippen LogP contribution < -0.4 is 0 Å². The largest absolute Gasteiger partial charge is 0.388 e. The highest BCUT2D eigenvalue weighted by molar-refractivity contribution is 6.31. The molecule has 1 aliphatic heterocycles. The molecule has 1 fully saturated rings. The van der Waals surface area contributed by atoms with Crippen LogP contribution in [0.3, 0.4) is 0 Å². The first-order valence-electron chi connectivity index (χ1n) is 5.38. The van der Waals surface area contributed by atoms with Crippen LogP contribution in [0.25, 0.3) is 5.65 Å². The van der Waals surface area contributed by atoms with E-state index in [-0.39, 0.29) is 11.8 Å². The van der Waals surface area contributed by atoms with Crippen LogP contribution in [-0.2, 0) is 4.74 Å². The zero-order chi connectivity index (χ0) is 12.9. The molecule has 0 spiro atoms. The number of pyridine rings is 1. The molecule has 0 aromatic carbocycles. The molecule has 1 unspecified atom stereocenters. The summed E-state index contributed by atoms with van der Waals surface area (Å²) in [4.78, 5) is 4.15. The van der Waals surface area contributed by atoms with Gasteiger partial charge < -0.3 is 14.9 Å². The fraction of sp³-hybridized carbons (Fsp3) is 0.364. The minimum absolute atomic E-state index is 0.0724. The summed E-state index contributed by atoms with van der Waals surface area (Å²) in [7, 11) is 0. The zero-order valence-corrected chi connectivity index (χ0v) is 10.6. The van der Waals surface area contributed by atoms with Gasteiger partial charge in [-0.15, -0.1) is 0 Å². The van der Waals surface area contributed by atoms with Crippen LogP contribution in [0, 0.1) is 0 Å². The number of ether oxygens (including phenoxy) is 1. The number of hydrogen-bond acceptors (Lipinski definition) is 4. The van der Waals surface area contributed by atoms with Gasteiger partial charge in [-0.25, -0.2) is 4.98 Å². The fourth-order valence-corrected chi connectivity index (χ4v) is 2.55. The lowest BCUT2D eigenvalue weighted by atomic mass is 10.1. The molecule has 5 nitrogen and oxygen atoms in total. The van der Waals surface area contributed by atoms with E-state index in [1.807, 2.05) is 0 Å². The molecule has 0 saturated carbocycles. The normalized spacial score (nSPS) is 28.1. The number of aliphatic hydroxyl groups excluding tert-OH is 2. The number of aromatic nitrogens is 2. The highest BCUT2D eigenvalue weighted by atomic mass is 35.5. The first-order chi connectivity index (χ1) is 8.58. The number of aliphatic hydroxyl groups is 2. The highest BCUT2D eigenvalue weighted by Crippen LogP contribution is 2.34. The van der Waals surface area contributed by atoms with E-state index in [9.17, 15) is 10.2 Å². The Morgan fingerprint density at radius 2 is 2.17 bits per heavy atom. The van der Waals surface area contributed by atoms with Crippen molar-refractivity contribution in [2.75, 3.05) is 6.61 Å². The van der Waals surface area contributed by atoms with Gasteiger partial charge in [-0.3, -0.25) is 4.40 Å². The first-order valence-corrected chi connectivity index (χ1v) is 6.14. The fourth-order valence-electron chi connectivity index (χ4n) is 2.11. The van der Waals surface area contributed by atoms with Crippen molar-refractivity contribution in [1.29, 1.82) is 0 Å². The number of hydrogen-bond donors (Lipinski definition) is 2. The summed E-state index contributed by atoms with van der Waals surface area (Å²) in [5, 5.41) is 20.1. The third kappa shape index (κ3) is 1.79. The molecule has 2 aromatic rings. The number of halogens is 2. The summed E-state index contributed by atoms with van der Waals surface area (Å²) < 4.78 is 7.06. The predicted molar refractivity (Wildman–Crippen MR) is 65.9 cm³/mol. The van der Waals surface area contributed by atoms with Gasteiger partial charge in [0, 0.05) is 17.3 Å². The van der Waals surface area contributed by atoms with Crippen LogP contribution in [-0.4, -0.2) is 38.4 Å². The maximum Gasteiger partial charge on any atom is 0.154 e. The SMILES string of the molecule is O[C@@H]1COC(c2c(Cl)nc3cc(Cl)ccn23)[C@@H]1O. The van der Waals surface area contributed by atoms with Crippen molar-refractivity contribution in [3.8, 4) is 0 Å². The van der Waals surface area contributed by atoms with Crippen LogP contribution in [0.4, 0.5) is 0 Å². The van der Waals surface area contributed by atoms with Gasteiger partial charge >= 0.3 is 0 Å². The second kappa shape index (κ2) is 4.36. The smallest absolute Gasteiger partial charge is 0.154 e. The van der Waals surface area contributed by atoms with Crippen LogP contribution in [0.15, 0.2) is 18.3 Å². The molecule has 0 radical (unpaired) electrons. The van der Waals surface area contributed by atoms with Crippen LogP contribution in [0.2, 0.25) is 10.2 Å². The average molecular weight is 289 g/mol. The molecule has 3 heterocycles. The second-order valence-electron chi connectivity index (χ2n) is 4.17. The molecule has 2 aromatic heterocycles. The molecular formula is C11H10Cl2N2O3. The first kappa shape index (κ1) is 12.2. The van der Waals surface area contributed by atoms with Crippen molar-refractivity contribution in [2.45, 2.75) is 18.3 Å². The van der Waals surface area contributed by atoms with Gasteiger partial charge in [0.15, 0.2) is 5.15 Å². The lowest BCUT2D eigenvalue weighted by Crippen LogP contribution is -2.25. The standard InChI is InChI=1S/C11H10Cl2N2O3/c12-5-1-2-15-7(3-5)14-11(13)8(15)10-9(17)6(16)4-18-10/h1-3,6,9-10,16-17H,4H2/t6-,9-,10?/m1/s1. The van der Waals surface area contributed by atoms with Gasteiger partial charge in [0.1, 0.15) is 24.0 Å². The maximum absolute atomic E-state index is 9.87. The second-order valence-corrected chi connectivity index (χ2v) is 4.97. The summed E-state index contributed by atoms with van der Waals surface area (Å²) in [6.45, 7) is 0.0724. The minimum atomic E-state index is -1.02. The number of rotatable bonds is 1. The van der Waals surface area contributed by atoms with Crippen molar-refractivity contribution in [3.63, 3.8) is 0 Å². The summed E-state index contributed by atoms with van der Waals surface area (Å²) in [6, 6.07) is 3.35. The third-order valence-corrected chi connectivity index (χ3v) is 3.51. The minimum Gasteiger partial charge on any atom is -0.388 e. The van der Waals surface area contributed by atoms with E-state index in [1.54, 1.807) is 22.7 Å². The van der Waals surface area contributed by atoms with Gasteiger partial charge in [-0.1, -0.05) is 23.2 Å². The number of imidazole rings is 1. The molecule has 0 bridgehead atoms. The molecule has 1 aliphatic rings. The maximum atomic E-state index is 9.87. The Labute approximate surface area is 113 Å². The number of fused-ring (bicyclic) bond motifs is 1. The van der Waals surface area contributed by atoms with Gasteiger partial charge in [-0.2, -0.15) is 0 Å². The Morgan fingerprint density at radius 1 is 1.39 bits per heavy atom. The van der Waals surface area contributed by atoms with Crippen LogP contribution >= 0.6 is 23.2 Å². The van der Waals surface area contributed by atoms with E-state index in [2.05, 4.69) is 4.98 Å². The molecule has 96 valence electrons.